The van der Waals surface area contributed by atoms with Crippen molar-refractivity contribution in [1.29, 1.82) is 0 Å². The molecule has 4 rings (SSSR count). The van der Waals surface area contributed by atoms with Gasteiger partial charge in [0.1, 0.15) is 11.5 Å². The summed E-state index contributed by atoms with van der Waals surface area (Å²) < 4.78 is 5.81. The first kappa shape index (κ1) is 23.2. The van der Waals surface area contributed by atoms with Crippen molar-refractivity contribution in [2.24, 2.45) is 0 Å². The maximum atomic E-state index is 13.2. The number of pyridine rings is 2. The first-order valence-corrected chi connectivity index (χ1v) is 11.3. The first-order chi connectivity index (χ1) is 16.5. The summed E-state index contributed by atoms with van der Waals surface area (Å²) in [4.78, 5) is 36.0. The number of ketones is 1. The highest BCUT2D eigenvalue weighted by Gasteiger charge is 2.46. The Hall–Kier alpha value is -4.00. The van der Waals surface area contributed by atoms with Gasteiger partial charge in [-0.25, -0.2) is 0 Å². The van der Waals surface area contributed by atoms with Gasteiger partial charge in [0.25, 0.3) is 11.7 Å². The van der Waals surface area contributed by atoms with E-state index >= 15 is 0 Å². The number of hydrogen-bond acceptors (Lipinski definition) is 6. The Morgan fingerprint density at radius 3 is 2.50 bits per heavy atom. The predicted molar refractivity (Wildman–Crippen MR) is 128 cm³/mol. The number of hydrogen-bond donors (Lipinski definition) is 1. The van der Waals surface area contributed by atoms with E-state index in [9.17, 15) is 14.7 Å². The zero-order chi connectivity index (χ0) is 24.1. The van der Waals surface area contributed by atoms with Crippen LogP contribution in [0.3, 0.4) is 0 Å². The number of amides is 1. The number of rotatable bonds is 8. The average Bonchev–Trinajstić information content (AvgIpc) is 3.11. The fourth-order valence-electron chi connectivity index (χ4n) is 4.06. The number of aliphatic hydroxyl groups is 1. The van der Waals surface area contributed by atoms with Crippen LogP contribution in [0, 0.1) is 6.92 Å². The molecule has 3 heterocycles. The lowest BCUT2D eigenvalue weighted by atomic mass is 9.95. The van der Waals surface area contributed by atoms with E-state index in [1.807, 2.05) is 13.0 Å². The van der Waals surface area contributed by atoms with Gasteiger partial charge in [-0.1, -0.05) is 25.5 Å². The summed E-state index contributed by atoms with van der Waals surface area (Å²) in [7, 11) is 0. The van der Waals surface area contributed by atoms with E-state index in [1.54, 1.807) is 61.2 Å². The van der Waals surface area contributed by atoms with Gasteiger partial charge in [-0.2, -0.15) is 0 Å². The first-order valence-electron chi connectivity index (χ1n) is 11.3. The largest absolute Gasteiger partial charge is 0.507 e. The van der Waals surface area contributed by atoms with E-state index in [-0.39, 0.29) is 17.9 Å². The number of unbranched alkanes of at least 4 members (excludes halogenated alkanes) is 1. The van der Waals surface area contributed by atoms with Crippen LogP contribution in [0.5, 0.6) is 5.75 Å². The van der Waals surface area contributed by atoms with Gasteiger partial charge >= 0.3 is 0 Å². The Morgan fingerprint density at radius 1 is 1.09 bits per heavy atom. The summed E-state index contributed by atoms with van der Waals surface area (Å²) in [5.41, 5.74) is 2.75. The minimum atomic E-state index is -0.769. The maximum absolute atomic E-state index is 13.2. The van der Waals surface area contributed by atoms with Gasteiger partial charge in [0.05, 0.1) is 18.2 Å². The molecule has 1 unspecified atom stereocenters. The molecule has 0 spiro atoms. The van der Waals surface area contributed by atoms with Crippen molar-refractivity contribution >= 4 is 17.4 Å². The number of aliphatic hydroxyl groups excluding tert-OH is 1. The van der Waals surface area contributed by atoms with Gasteiger partial charge in [0, 0.05) is 36.9 Å². The average molecular weight is 458 g/mol. The highest BCUT2D eigenvalue weighted by molar-refractivity contribution is 6.46. The maximum Gasteiger partial charge on any atom is 0.295 e. The van der Waals surface area contributed by atoms with E-state index < -0.39 is 17.7 Å². The molecule has 174 valence electrons. The molecule has 0 radical (unpaired) electrons. The van der Waals surface area contributed by atoms with E-state index in [0.717, 1.165) is 29.7 Å². The number of ether oxygens (including phenoxy) is 1. The van der Waals surface area contributed by atoms with E-state index in [4.69, 9.17) is 4.74 Å². The summed E-state index contributed by atoms with van der Waals surface area (Å²) in [5.74, 6) is -0.887. The standard InChI is InChI=1S/C27H27N3O4/c1-3-4-13-34-22-10-9-20(14-18(22)2)25(31)23-24(21-8-6-12-29-16-21)30(27(33)26(23)32)17-19-7-5-11-28-15-19/h5-12,14-16,24,31H,3-4,13,17H2,1-2H3. The third kappa shape index (κ3) is 4.69. The lowest BCUT2D eigenvalue weighted by molar-refractivity contribution is -0.140. The molecule has 1 N–H and O–H groups in total. The lowest BCUT2D eigenvalue weighted by Gasteiger charge is -2.25. The summed E-state index contributed by atoms with van der Waals surface area (Å²) in [6, 6.07) is 11.6. The lowest BCUT2D eigenvalue weighted by Crippen LogP contribution is -2.29. The fraction of sp³-hybridized carbons (Fsp3) is 0.259. The SMILES string of the molecule is CCCCOc1ccc(C(O)=C2C(=O)C(=O)N(Cc3cccnc3)C2c2cccnc2)cc1C. The van der Waals surface area contributed by atoms with Gasteiger partial charge in [-0.15, -0.1) is 0 Å². The molecule has 1 aromatic carbocycles. The zero-order valence-electron chi connectivity index (χ0n) is 19.3. The van der Waals surface area contributed by atoms with Gasteiger partial charge in [-0.3, -0.25) is 19.6 Å². The highest BCUT2D eigenvalue weighted by atomic mass is 16.5. The summed E-state index contributed by atoms with van der Waals surface area (Å²) in [6.07, 6.45) is 8.51. The number of likely N-dealkylation sites (tertiary alicyclic amines) is 1. The molecule has 1 aliphatic heterocycles. The van der Waals surface area contributed by atoms with Crippen molar-refractivity contribution in [1.82, 2.24) is 14.9 Å². The summed E-state index contributed by atoms with van der Waals surface area (Å²) in [5, 5.41) is 11.3. The molecule has 1 amide bonds. The van der Waals surface area contributed by atoms with Crippen LogP contribution in [-0.4, -0.2) is 38.3 Å². The molecule has 1 atom stereocenters. The molecule has 1 aliphatic rings. The molecule has 0 aliphatic carbocycles. The van der Waals surface area contributed by atoms with Crippen molar-refractivity contribution in [3.05, 3.63) is 95.1 Å². The number of aryl methyl sites for hydroxylation is 1. The molecule has 34 heavy (non-hydrogen) atoms. The van der Waals surface area contributed by atoms with Gasteiger partial charge in [0.15, 0.2) is 0 Å². The molecule has 0 bridgehead atoms. The molecular formula is C27H27N3O4. The molecule has 0 saturated carbocycles. The van der Waals surface area contributed by atoms with Crippen LogP contribution in [0.1, 0.15) is 48.1 Å². The third-order valence-corrected chi connectivity index (χ3v) is 5.82. The Labute approximate surface area is 198 Å². The summed E-state index contributed by atoms with van der Waals surface area (Å²) in [6.45, 7) is 4.78. The topological polar surface area (TPSA) is 92.6 Å². The van der Waals surface area contributed by atoms with Gasteiger partial charge < -0.3 is 14.7 Å². The van der Waals surface area contributed by atoms with Crippen LogP contribution >= 0.6 is 0 Å². The van der Waals surface area contributed by atoms with Crippen molar-refractivity contribution in [2.75, 3.05) is 6.61 Å². The normalized spacial score (nSPS) is 17.2. The second-order valence-electron chi connectivity index (χ2n) is 8.26. The van der Waals surface area contributed by atoms with Crippen molar-refractivity contribution < 1.29 is 19.4 Å². The molecule has 1 fully saturated rings. The number of aromatic nitrogens is 2. The Bertz CT molecular complexity index is 1210. The number of benzene rings is 1. The second kappa shape index (κ2) is 10.3. The minimum absolute atomic E-state index is 0.0425. The molecule has 3 aromatic rings. The molecule has 7 nitrogen and oxygen atoms in total. The van der Waals surface area contributed by atoms with E-state index in [1.165, 1.54) is 4.90 Å². The number of nitrogens with zero attached hydrogens (tertiary/aromatic N) is 3. The van der Waals surface area contributed by atoms with Crippen LogP contribution in [-0.2, 0) is 16.1 Å². The Kier molecular flexibility index (Phi) is 7.01. The van der Waals surface area contributed by atoms with Crippen LogP contribution < -0.4 is 4.74 Å². The summed E-state index contributed by atoms with van der Waals surface area (Å²) >= 11 is 0. The Morgan fingerprint density at radius 2 is 1.85 bits per heavy atom. The molecular weight excluding hydrogens is 430 g/mol. The monoisotopic (exact) mass is 457 g/mol. The van der Waals surface area contributed by atoms with Crippen molar-refractivity contribution in [3.63, 3.8) is 0 Å². The number of carbonyl (C=O) groups is 2. The molecule has 1 saturated heterocycles. The molecule has 2 aromatic heterocycles. The zero-order valence-corrected chi connectivity index (χ0v) is 19.3. The van der Waals surface area contributed by atoms with Crippen LogP contribution in [0.4, 0.5) is 0 Å². The molecule has 7 heteroatoms. The van der Waals surface area contributed by atoms with Gasteiger partial charge in [0.2, 0.25) is 0 Å². The van der Waals surface area contributed by atoms with Crippen LogP contribution in [0.2, 0.25) is 0 Å². The predicted octanol–water partition coefficient (Wildman–Crippen LogP) is 4.59. The highest BCUT2D eigenvalue weighted by Crippen LogP contribution is 2.40. The number of Topliss-reactive ketones (excluding diaryl/α,β-unsaturated/α-hetero) is 1. The van der Waals surface area contributed by atoms with Crippen molar-refractivity contribution in [3.8, 4) is 5.75 Å². The number of carbonyl (C=O) groups excluding carboxylic acids is 2. The van der Waals surface area contributed by atoms with E-state index in [0.29, 0.717) is 17.7 Å². The fourth-order valence-corrected chi connectivity index (χ4v) is 4.06. The van der Waals surface area contributed by atoms with Gasteiger partial charge in [-0.05, 0) is 60.4 Å². The minimum Gasteiger partial charge on any atom is -0.507 e. The van der Waals surface area contributed by atoms with E-state index in [2.05, 4.69) is 16.9 Å². The van der Waals surface area contributed by atoms with Crippen LogP contribution in [0.25, 0.3) is 5.76 Å². The third-order valence-electron chi connectivity index (χ3n) is 5.82. The van der Waals surface area contributed by atoms with Crippen LogP contribution in [0.15, 0.2) is 72.8 Å². The smallest absolute Gasteiger partial charge is 0.295 e. The Balaban J connectivity index is 1.76. The second-order valence-corrected chi connectivity index (χ2v) is 8.26. The quantitative estimate of drug-likeness (QED) is 0.230. The van der Waals surface area contributed by atoms with Crippen molar-refractivity contribution in [2.45, 2.75) is 39.3 Å².